The summed E-state index contributed by atoms with van der Waals surface area (Å²) in [6.45, 7) is 0.301. The monoisotopic (exact) mass is 453 g/mol. The smallest absolute Gasteiger partial charge is 0.237 e. The Balaban J connectivity index is 1.69. The Morgan fingerprint density at radius 1 is 1.23 bits per heavy atom. The number of carbonyl (C=O) groups excluding carboxylic acids is 1. The lowest BCUT2D eigenvalue weighted by Crippen LogP contribution is -2.52. The van der Waals surface area contributed by atoms with Gasteiger partial charge in [-0.1, -0.05) is 11.6 Å². The van der Waals surface area contributed by atoms with E-state index in [1.54, 1.807) is 18.5 Å². The van der Waals surface area contributed by atoms with Gasteiger partial charge >= 0.3 is 0 Å². The number of anilines is 1. The van der Waals surface area contributed by atoms with E-state index in [4.69, 9.17) is 11.6 Å². The van der Waals surface area contributed by atoms with E-state index in [-0.39, 0.29) is 11.7 Å². The molecule has 0 radical (unpaired) electrons. The number of fused-ring (bicyclic) bond motifs is 3. The van der Waals surface area contributed by atoms with Crippen molar-refractivity contribution in [1.82, 2.24) is 9.55 Å². The van der Waals surface area contributed by atoms with Gasteiger partial charge < -0.3 is 9.47 Å². The quantitative estimate of drug-likeness (QED) is 0.544. The first-order chi connectivity index (χ1) is 14.5. The fourth-order valence-corrected chi connectivity index (χ4v) is 5.63. The number of carbonyl (C=O) groups is 1. The Labute approximate surface area is 188 Å². The predicted molar refractivity (Wildman–Crippen MR) is 128 cm³/mol. The number of sulfone groups is 1. The average molecular weight is 454 g/mol. The number of amides is 1. The molecule has 5 rings (SSSR count). The zero-order valence-corrected chi connectivity index (χ0v) is 19.3. The van der Waals surface area contributed by atoms with Crippen molar-refractivity contribution in [2.75, 3.05) is 16.9 Å². The summed E-state index contributed by atoms with van der Waals surface area (Å²) >= 11 is 6.23. The molecular weight excluding hydrogens is 431 g/mol. The number of benzene rings is 1. The van der Waals surface area contributed by atoms with Crippen molar-refractivity contribution >= 4 is 59.6 Å². The van der Waals surface area contributed by atoms with Gasteiger partial charge in [0.1, 0.15) is 25.5 Å². The highest BCUT2D eigenvalue weighted by molar-refractivity contribution is 7.90. The van der Waals surface area contributed by atoms with Gasteiger partial charge in [-0.25, -0.2) is 8.42 Å². The molecule has 31 heavy (non-hydrogen) atoms. The summed E-state index contributed by atoms with van der Waals surface area (Å²) in [6.07, 6.45) is 6.45. The van der Waals surface area contributed by atoms with Crippen LogP contribution >= 0.6 is 11.6 Å². The van der Waals surface area contributed by atoms with Gasteiger partial charge in [-0.2, -0.15) is 0 Å². The van der Waals surface area contributed by atoms with Crippen molar-refractivity contribution < 1.29 is 13.2 Å². The van der Waals surface area contributed by atoms with Crippen LogP contribution in [0.5, 0.6) is 0 Å². The van der Waals surface area contributed by atoms with Crippen LogP contribution in [0.15, 0.2) is 42.7 Å². The summed E-state index contributed by atoms with van der Waals surface area (Å²) in [4.78, 5) is 19.8. The van der Waals surface area contributed by atoms with Crippen LogP contribution in [0.2, 0.25) is 5.02 Å². The molecule has 10 heteroatoms. The van der Waals surface area contributed by atoms with Gasteiger partial charge in [0, 0.05) is 46.0 Å². The molecule has 158 valence electrons. The average Bonchev–Trinajstić information content (AvgIpc) is 3.35. The maximum Gasteiger partial charge on any atom is 0.237 e. The third-order valence-electron chi connectivity index (χ3n) is 6.65. The Bertz CT molecular complexity index is 1350. The molecule has 1 fully saturated rings. The predicted octanol–water partition coefficient (Wildman–Crippen LogP) is 1.19. The molecule has 1 amide bonds. The molecule has 1 aromatic carbocycles. The van der Waals surface area contributed by atoms with E-state index < -0.39 is 20.6 Å². The second-order valence-corrected chi connectivity index (χ2v) is 11.9. The summed E-state index contributed by atoms with van der Waals surface area (Å²) in [6, 6.07) is 9.55. The van der Waals surface area contributed by atoms with Crippen molar-refractivity contribution in [1.29, 1.82) is 0 Å². The van der Waals surface area contributed by atoms with Gasteiger partial charge in [-0.15, -0.1) is 0 Å². The molecule has 2 aromatic heterocycles. The van der Waals surface area contributed by atoms with Crippen molar-refractivity contribution in [2.24, 2.45) is 0 Å². The third-order valence-corrected chi connectivity index (χ3v) is 7.81. The number of nitrogens with zero attached hydrogens (tertiary/aromatic N) is 3. The molecule has 6 nitrogen and oxygen atoms in total. The van der Waals surface area contributed by atoms with E-state index in [1.807, 2.05) is 49.4 Å². The lowest BCUT2D eigenvalue weighted by Gasteiger charge is -2.38. The van der Waals surface area contributed by atoms with E-state index in [0.29, 0.717) is 11.6 Å². The number of hydrogen-bond acceptors (Lipinski definition) is 4. The van der Waals surface area contributed by atoms with Crippen LogP contribution in [0, 0.1) is 0 Å². The van der Waals surface area contributed by atoms with Crippen LogP contribution in [0.4, 0.5) is 5.69 Å². The van der Waals surface area contributed by atoms with E-state index in [1.165, 1.54) is 6.26 Å². The maximum atomic E-state index is 13.6. The highest BCUT2D eigenvalue weighted by Crippen LogP contribution is 2.58. The first kappa shape index (κ1) is 20.6. The van der Waals surface area contributed by atoms with E-state index in [9.17, 15) is 13.2 Å². The van der Waals surface area contributed by atoms with Crippen LogP contribution in [-0.4, -0.2) is 51.6 Å². The molecule has 3 aromatic rings. The van der Waals surface area contributed by atoms with Gasteiger partial charge in [-0.05, 0) is 48.7 Å². The number of rotatable bonds is 5. The normalized spacial score (nSPS) is 17.5. The van der Waals surface area contributed by atoms with Gasteiger partial charge in [0.15, 0.2) is 0 Å². The Morgan fingerprint density at radius 3 is 2.65 bits per heavy atom. The first-order valence-corrected chi connectivity index (χ1v) is 12.7. The number of halogens is 1. The minimum Gasteiger partial charge on any atom is -0.343 e. The number of aromatic nitrogens is 2. The summed E-state index contributed by atoms with van der Waals surface area (Å²) in [7, 11) is 0.856. The van der Waals surface area contributed by atoms with Crippen LogP contribution in [0.25, 0.3) is 10.9 Å². The lowest BCUT2D eigenvalue weighted by atomic mass is 9.58. The molecule has 2 aliphatic rings. The minimum atomic E-state index is -3.16. The molecule has 1 aliphatic carbocycles. The van der Waals surface area contributed by atoms with Crippen molar-refractivity contribution in [3.8, 4) is 0 Å². The molecular formula is C21H22B2ClN3O3S. The second-order valence-electron chi connectivity index (χ2n) is 9.19. The zero-order chi connectivity index (χ0) is 22.2. The van der Waals surface area contributed by atoms with Gasteiger partial charge in [0.05, 0.1) is 23.1 Å². The van der Waals surface area contributed by atoms with E-state index >= 15 is 0 Å². The number of pyridine rings is 1. The Morgan fingerprint density at radius 2 is 1.97 bits per heavy atom. The standard InChI is InChI=1S/C21H22B2ClN3O3S/c1-31(29,30)9-8-26-16-3-2-14(24)10-13(16)11-18(26)21(22,23)27-17-12-25-7-4-15(17)20(5-6-20)19(27)28/h2-4,7,10-12H,5-6,8-9,22-23H2,1H3. The largest absolute Gasteiger partial charge is 0.343 e. The number of aryl methyl sites for hydroxylation is 1. The summed E-state index contributed by atoms with van der Waals surface area (Å²) in [5, 5.41) is 0.813. The van der Waals surface area contributed by atoms with E-state index in [0.717, 1.165) is 40.7 Å². The molecule has 0 unspecified atom stereocenters. The highest BCUT2D eigenvalue weighted by atomic mass is 35.5. The minimum absolute atomic E-state index is 0.0124. The number of hydrogen-bond donors (Lipinski definition) is 0. The third kappa shape index (κ3) is 3.12. The summed E-state index contributed by atoms with van der Waals surface area (Å²) in [5.41, 5.74) is 3.22. The van der Waals surface area contributed by atoms with E-state index in [2.05, 4.69) is 4.98 Å². The van der Waals surface area contributed by atoms with Crippen LogP contribution in [-0.2, 0) is 31.9 Å². The van der Waals surface area contributed by atoms with Gasteiger partial charge in [0.25, 0.3) is 0 Å². The lowest BCUT2D eigenvalue weighted by molar-refractivity contribution is -0.120. The first-order valence-electron chi connectivity index (χ1n) is 10.3. The fourth-order valence-electron chi connectivity index (χ4n) is 4.93. The molecule has 0 bridgehead atoms. The van der Waals surface area contributed by atoms with Gasteiger partial charge in [0.2, 0.25) is 5.91 Å². The van der Waals surface area contributed by atoms with Crippen LogP contribution in [0.1, 0.15) is 24.1 Å². The van der Waals surface area contributed by atoms with Crippen molar-refractivity contribution in [3.63, 3.8) is 0 Å². The maximum absolute atomic E-state index is 13.6. The molecule has 3 heterocycles. The molecule has 0 N–H and O–H groups in total. The summed E-state index contributed by atoms with van der Waals surface area (Å²) in [5.74, 6) is 0.108. The SMILES string of the molecule is BC(B)(c1cc2cc(Cl)ccc2n1CCS(C)(=O)=O)N1C(=O)C2(CC2)c2ccncc21. The van der Waals surface area contributed by atoms with Crippen molar-refractivity contribution in [2.45, 2.75) is 30.1 Å². The molecule has 1 saturated carbocycles. The van der Waals surface area contributed by atoms with Crippen LogP contribution in [0.3, 0.4) is 0 Å². The zero-order valence-electron chi connectivity index (χ0n) is 17.7. The highest BCUT2D eigenvalue weighted by Gasteiger charge is 2.61. The second kappa shape index (κ2) is 6.62. The summed E-state index contributed by atoms with van der Waals surface area (Å²) < 4.78 is 25.9. The molecule has 1 spiro atoms. The molecule has 0 atom stereocenters. The van der Waals surface area contributed by atoms with Crippen LogP contribution < -0.4 is 4.90 Å². The molecule has 0 saturated heterocycles. The topological polar surface area (TPSA) is 72.3 Å². The van der Waals surface area contributed by atoms with Crippen molar-refractivity contribution in [3.05, 3.63) is 59.0 Å². The fraction of sp³-hybridized carbons (Fsp3) is 0.333. The Kier molecular flexibility index (Phi) is 4.41. The van der Waals surface area contributed by atoms with Gasteiger partial charge in [-0.3, -0.25) is 9.78 Å². The Hall–Kier alpha value is -2.25. The molecule has 1 aliphatic heterocycles.